The van der Waals surface area contributed by atoms with Crippen LogP contribution in [0.4, 0.5) is 0 Å². The molecule has 2 aromatic carbocycles. The van der Waals surface area contributed by atoms with Crippen molar-refractivity contribution in [2.45, 2.75) is 19.8 Å². The molecule has 1 heterocycles. The second-order valence-electron chi connectivity index (χ2n) is 7.18. The van der Waals surface area contributed by atoms with Crippen molar-refractivity contribution in [2.24, 2.45) is 0 Å². The van der Waals surface area contributed by atoms with Crippen LogP contribution in [0.3, 0.4) is 0 Å². The Morgan fingerprint density at radius 3 is 2.34 bits per heavy atom. The van der Waals surface area contributed by atoms with Gasteiger partial charge in [-0.1, -0.05) is 11.6 Å². The number of nitrogens with zero attached hydrogens (tertiary/aromatic N) is 1. The van der Waals surface area contributed by atoms with E-state index in [0.717, 1.165) is 10.5 Å². The molecule has 1 N–H and O–H groups in total. The predicted molar refractivity (Wildman–Crippen MR) is 112 cm³/mol. The largest absolute Gasteiger partial charge is 0.497 e. The monoisotopic (exact) mass is 438 g/mol. The van der Waals surface area contributed by atoms with Crippen LogP contribution >= 0.6 is 0 Å². The van der Waals surface area contributed by atoms with Gasteiger partial charge in [0.1, 0.15) is 5.75 Å². The normalized spacial score (nSPS) is 12.4. The number of hydrogen-bond donors (Lipinski definition) is 1. The number of aryl methyl sites for hydroxylation is 1. The van der Waals surface area contributed by atoms with E-state index in [1.165, 1.54) is 19.2 Å². The third-order valence-corrected chi connectivity index (χ3v) is 4.86. The quantitative estimate of drug-likeness (QED) is 0.494. The van der Waals surface area contributed by atoms with Crippen LogP contribution in [0, 0.1) is 6.92 Å². The average Bonchev–Trinajstić information content (AvgIpc) is 3.01. The lowest BCUT2D eigenvalue weighted by Gasteiger charge is -2.13. The molecule has 1 aliphatic heterocycles. The van der Waals surface area contributed by atoms with Crippen molar-refractivity contribution in [2.75, 3.05) is 20.3 Å². The Labute approximate surface area is 184 Å². The minimum atomic E-state index is -0.769. The third kappa shape index (κ3) is 5.18. The third-order valence-electron chi connectivity index (χ3n) is 4.86. The summed E-state index contributed by atoms with van der Waals surface area (Å²) in [6, 6.07) is 11.2. The highest BCUT2D eigenvalue weighted by Crippen LogP contribution is 2.24. The summed E-state index contributed by atoms with van der Waals surface area (Å²) in [6.07, 6.45) is 0.0990. The molecule has 0 fully saturated rings. The Morgan fingerprint density at radius 2 is 1.66 bits per heavy atom. The van der Waals surface area contributed by atoms with Crippen LogP contribution in [-0.4, -0.2) is 54.8 Å². The van der Waals surface area contributed by atoms with Gasteiger partial charge in [0.25, 0.3) is 23.6 Å². The van der Waals surface area contributed by atoms with Gasteiger partial charge in [0.05, 0.1) is 18.2 Å². The number of ether oxygens (including phenoxy) is 2. The highest BCUT2D eigenvalue weighted by atomic mass is 16.5. The Balaban J connectivity index is 1.40. The number of methoxy groups -OCH3 is 1. The summed E-state index contributed by atoms with van der Waals surface area (Å²) in [5, 5.41) is 2.12. The maximum Gasteiger partial charge on any atom is 0.306 e. The van der Waals surface area contributed by atoms with E-state index in [-0.39, 0.29) is 24.9 Å². The van der Waals surface area contributed by atoms with Gasteiger partial charge in [-0.25, -0.2) is 0 Å². The summed E-state index contributed by atoms with van der Waals surface area (Å²) in [5.41, 5.74) is 1.83. The van der Waals surface area contributed by atoms with Crippen LogP contribution in [0.25, 0.3) is 0 Å². The molecule has 0 aliphatic carbocycles. The molecule has 0 saturated heterocycles. The molecule has 0 aromatic heterocycles. The number of benzene rings is 2. The maximum atomic E-state index is 12.4. The number of esters is 1. The van der Waals surface area contributed by atoms with Crippen LogP contribution in [0.5, 0.6) is 5.75 Å². The Kier molecular flexibility index (Phi) is 6.99. The summed E-state index contributed by atoms with van der Waals surface area (Å²) in [7, 11) is 1.49. The van der Waals surface area contributed by atoms with Gasteiger partial charge in [-0.2, -0.15) is 0 Å². The van der Waals surface area contributed by atoms with Crippen molar-refractivity contribution >= 4 is 29.6 Å². The first-order valence-electron chi connectivity index (χ1n) is 9.91. The van der Waals surface area contributed by atoms with E-state index < -0.39 is 36.2 Å². The smallest absolute Gasteiger partial charge is 0.306 e. The Morgan fingerprint density at radius 1 is 0.969 bits per heavy atom. The molecule has 0 bridgehead atoms. The van der Waals surface area contributed by atoms with Gasteiger partial charge in [-0.15, -0.1) is 0 Å². The summed E-state index contributed by atoms with van der Waals surface area (Å²) >= 11 is 0. The molecule has 3 rings (SSSR count). The molecule has 0 radical (unpaired) electrons. The second kappa shape index (κ2) is 9.86. The van der Waals surface area contributed by atoms with Crippen molar-refractivity contribution in [3.05, 3.63) is 64.7 Å². The van der Waals surface area contributed by atoms with Crippen molar-refractivity contribution in [1.82, 2.24) is 10.2 Å². The molecule has 4 amide bonds. The van der Waals surface area contributed by atoms with Gasteiger partial charge in [0, 0.05) is 18.5 Å². The first kappa shape index (κ1) is 22.7. The van der Waals surface area contributed by atoms with Crippen LogP contribution in [0.15, 0.2) is 42.5 Å². The van der Waals surface area contributed by atoms with Gasteiger partial charge in [0.15, 0.2) is 6.61 Å². The van der Waals surface area contributed by atoms with Crippen LogP contribution in [-0.2, 0) is 14.3 Å². The van der Waals surface area contributed by atoms with Crippen molar-refractivity contribution in [3.8, 4) is 5.75 Å². The fourth-order valence-electron chi connectivity index (χ4n) is 3.18. The van der Waals surface area contributed by atoms with E-state index in [0.29, 0.717) is 16.9 Å². The Hall–Kier alpha value is -4.01. The Bertz CT molecular complexity index is 1080. The van der Waals surface area contributed by atoms with Gasteiger partial charge in [-0.3, -0.25) is 34.2 Å². The molecule has 0 atom stereocenters. The number of nitrogens with one attached hydrogen (secondary N) is 1. The topological polar surface area (TPSA) is 119 Å². The highest BCUT2D eigenvalue weighted by molar-refractivity contribution is 6.21. The summed E-state index contributed by atoms with van der Waals surface area (Å²) in [5.74, 6) is -2.29. The molecule has 0 saturated carbocycles. The van der Waals surface area contributed by atoms with Gasteiger partial charge >= 0.3 is 5.97 Å². The number of hydrogen-bond acceptors (Lipinski definition) is 7. The first-order chi connectivity index (χ1) is 15.3. The van der Waals surface area contributed by atoms with E-state index in [2.05, 4.69) is 5.32 Å². The van der Waals surface area contributed by atoms with Crippen LogP contribution < -0.4 is 10.1 Å². The lowest BCUT2D eigenvalue weighted by Crippen LogP contribution is -2.34. The van der Waals surface area contributed by atoms with E-state index in [1.54, 1.807) is 30.3 Å². The standard InChI is InChI=1S/C23H22N2O7/c1-14-5-10-17-18(12-14)23(30)25(22(17)29)11-3-4-20(27)32-13-19(26)24-21(28)15-6-8-16(31-2)9-7-15/h5-10,12H,3-4,11,13H2,1-2H3,(H,24,26,28). The number of rotatable bonds is 8. The molecule has 166 valence electrons. The number of amides is 4. The molecule has 0 unspecified atom stereocenters. The van der Waals surface area contributed by atoms with E-state index in [9.17, 15) is 24.0 Å². The molecule has 9 nitrogen and oxygen atoms in total. The second-order valence-corrected chi connectivity index (χ2v) is 7.18. The van der Waals surface area contributed by atoms with Crippen LogP contribution in [0.2, 0.25) is 0 Å². The average molecular weight is 438 g/mol. The molecule has 9 heteroatoms. The number of fused-ring (bicyclic) bond motifs is 1. The fourth-order valence-corrected chi connectivity index (χ4v) is 3.18. The number of imide groups is 2. The summed E-state index contributed by atoms with van der Waals surface area (Å²) in [4.78, 5) is 61.6. The maximum absolute atomic E-state index is 12.4. The number of carbonyl (C=O) groups excluding carboxylic acids is 5. The zero-order valence-electron chi connectivity index (χ0n) is 17.7. The SMILES string of the molecule is COc1ccc(C(=O)NC(=O)COC(=O)CCCN2C(=O)c3ccc(C)cc3C2=O)cc1. The highest BCUT2D eigenvalue weighted by Gasteiger charge is 2.35. The minimum absolute atomic E-state index is 0.0582. The minimum Gasteiger partial charge on any atom is -0.497 e. The summed E-state index contributed by atoms with van der Waals surface area (Å²) < 4.78 is 9.86. The lowest BCUT2D eigenvalue weighted by atomic mass is 10.1. The number of carbonyl (C=O) groups is 5. The predicted octanol–water partition coefficient (Wildman–Crippen LogP) is 1.88. The first-order valence-corrected chi connectivity index (χ1v) is 9.91. The zero-order chi connectivity index (χ0) is 23.3. The van der Waals surface area contributed by atoms with Gasteiger partial charge in [-0.05, 0) is 49.7 Å². The van der Waals surface area contributed by atoms with E-state index in [4.69, 9.17) is 9.47 Å². The molecular weight excluding hydrogens is 416 g/mol. The van der Waals surface area contributed by atoms with Gasteiger partial charge in [0.2, 0.25) is 0 Å². The van der Waals surface area contributed by atoms with Crippen LogP contribution in [0.1, 0.15) is 49.5 Å². The van der Waals surface area contributed by atoms with Crippen molar-refractivity contribution in [1.29, 1.82) is 0 Å². The molecule has 2 aromatic rings. The molecule has 32 heavy (non-hydrogen) atoms. The van der Waals surface area contributed by atoms with Crippen molar-refractivity contribution < 1.29 is 33.4 Å². The van der Waals surface area contributed by atoms with E-state index in [1.807, 2.05) is 6.92 Å². The lowest BCUT2D eigenvalue weighted by molar-refractivity contribution is -0.148. The fraction of sp³-hybridized carbons (Fsp3) is 0.261. The molecule has 1 aliphatic rings. The summed E-state index contributed by atoms with van der Waals surface area (Å²) in [6.45, 7) is 1.27. The van der Waals surface area contributed by atoms with Gasteiger partial charge < -0.3 is 9.47 Å². The molecule has 0 spiro atoms. The molecular formula is C23H22N2O7. The van der Waals surface area contributed by atoms with Crippen molar-refractivity contribution in [3.63, 3.8) is 0 Å². The van der Waals surface area contributed by atoms with E-state index >= 15 is 0 Å². The zero-order valence-corrected chi connectivity index (χ0v) is 17.7.